The number of ether oxygens (including phenoxy) is 1. The minimum Gasteiger partial charge on any atom is -0.490 e. The van der Waals surface area contributed by atoms with Gasteiger partial charge in [0, 0.05) is 49.5 Å². The number of carbonyl (C=O) groups is 2. The Hall–Kier alpha value is -2.58. The normalized spacial score (nSPS) is 19.3. The third kappa shape index (κ3) is 8.33. The molecule has 238 valence electrons. The Balaban J connectivity index is 1.44. The number of nitrogens with zero attached hydrogens (tertiary/aromatic N) is 4. The van der Waals surface area contributed by atoms with Gasteiger partial charge in [-0.05, 0) is 96.5 Å². The summed E-state index contributed by atoms with van der Waals surface area (Å²) in [6.07, 6.45) is 16.5. The Morgan fingerprint density at radius 3 is 2.63 bits per heavy atom. The lowest BCUT2D eigenvalue weighted by Crippen LogP contribution is -2.45. The number of fused-ring (bicyclic) bond motifs is 1. The lowest BCUT2D eigenvalue weighted by Gasteiger charge is -2.33. The smallest absolute Gasteiger partial charge is 0.274 e. The van der Waals surface area contributed by atoms with Gasteiger partial charge in [0.15, 0.2) is 5.69 Å². The van der Waals surface area contributed by atoms with Crippen LogP contribution in [0, 0.1) is 5.92 Å². The van der Waals surface area contributed by atoms with Gasteiger partial charge in [0.2, 0.25) is 5.91 Å². The fraction of sp³-hybridized carbons (Fsp3) is 0.676. The maximum atomic E-state index is 14.0. The number of hydrogen-bond acceptors (Lipinski definition) is 5. The van der Waals surface area contributed by atoms with Crippen LogP contribution in [-0.2, 0) is 28.9 Å². The minimum atomic E-state index is -0.155. The van der Waals surface area contributed by atoms with Gasteiger partial charge in [0.1, 0.15) is 12.3 Å². The van der Waals surface area contributed by atoms with E-state index in [-0.39, 0.29) is 36.6 Å². The largest absolute Gasteiger partial charge is 0.490 e. The molecule has 1 aromatic heterocycles. The molecule has 1 unspecified atom stereocenters. The van der Waals surface area contributed by atoms with Crippen molar-refractivity contribution in [1.29, 1.82) is 0 Å². The maximum Gasteiger partial charge on any atom is 0.274 e. The monoisotopic (exact) mass is 614 g/mol. The van der Waals surface area contributed by atoms with E-state index in [4.69, 9.17) is 26.5 Å². The number of piperidine rings is 1. The zero-order valence-electron chi connectivity index (χ0n) is 26.5. The average molecular weight is 615 g/mol. The zero-order valence-corrected chi connectivity index (χ0v) is 27.2. The highest BCUT2D eigenvalue weighted by Crippen LogP contribution is 2.45. The van der Waals surface area contributed by atoms with Crippen molar-refractivity contribution >= 4 is 23.4 Å². The van der Waals surface area contributed by atoms with Gasteiger partial charge in [0.05, 0.1) is 11.1 Å². The van der Waals surface area contributed by atoms with Crippen molar-refractivity contribution in [1.82, 2.24) is 19.6 Å². The van der Waals surface area contributed by atoms with Crippen LogP contribution in [0.4, 0.5) is 0 Å². The number of carbonyl (C=O) groups excluding carboxylic acids is 2. The predicted molar refractivity (Wildman–Crippen MR) is 171 cm³/mol. The molecule has 0 aromatic carbocycles. The number of halogens is 1. The molecule has 1 aromatic rings. The maximum absolute atomic E-state index is 14.0. The third-order valence-electron chi connectivity index (χ3n) is 9.58. The predicted octanol–water partition coefficient (Wildman–Crippen LogP) is 6.17. The number of hydrogen-bond donors (Lipinski definition) is 1. The number of allylic oxidation sites excluding steroid dienone is 4. The summed E-state index contributed by atoms with van der Waals surface area (Å²) in [6.45, 7) is 12.4. The molecule has 4 rings (SSSR count). The molecular formula is C34H51ClN4O4. The van der Waals surface area contributed by atoms with E-state index in [1.165, 1.54) is 0 Å². The summed E-state index contributed by atoms with van der Waals surface area (Å²) >= 11 is 6.29. The van der Waals surface area contributed by atoms with E-state index >= 15 is 0 Å². The summed E-state index contributed by atoms with van der Waals surface area (Å²) in [4.78, 5) is 31.6. The van der Waals surface area contributed by atoms with Crippen LogP contribution in [0.3, 0.4) is 0 Å². The Morgan fingerprint density at radius 1 is 1.26 bits per heavy atom. The van der Waals surface area contributed by atoms with E-state index in [9.17, 15) is 9.59 Å². The molecule has 0 bridgehead atoms. The van der Waals surface area contributed by atoms with Gasteiger partial charge in [-0.25, -0.2) is 0 Å². The lowest BCUT2D eigenvalue weighted by atomic mass is 9.91. The van der Waals surface area contributed by atoms with Crippen LogP contribution in [-0.4, -0.2) is 74.4 Å². The van der Waals surface area contributed by atoms with Gasteiger partial charge in [-0.2, -0.15) is 5.10 Å². The van der Waals surface area contributed by atoms with E-state index in [1.807, 2.05) is 40.5 Å². The van der Waals surface area contributed by atoms with Crippen molar-refractivity contribution in [3.8, 4) is 0 Å². The molecule has 2 amide bonds. The van der Waals surface area contributed by atoms with E-state index < -0.39 is 0 Å². The van der Waals surface area contributed by atoms with Gasteiger partial charge in [-0.3, -0.25) is 14.3 Å². The molecule has 2 heterocycles. The van der Waals surface area contributed by atoms with E-state index in [0.29, 0.717) is 35.4 Å². The standard InChI is InChI=1S/C34H51ClN4O4/c1-5-7-13-29(35)26(4)43-25(3)15-22-38(34(6-2)18-19-34)31(41)24-39-30-14-9-8-12-28(30)32(36-39)33(42)37-20-16-27(17-21-37)11-10-23-40/h5,7,13,25,27,40H,4,6,8-12,14-24H2,1-3H3/b7-5-,29-13+. The van der Waals surface area contributed by atoms with Crippen LogP contribution in [0.1, 0.15) is 107 Å². The summed E-state index contributed by atoms with van der Waals surface area (Å²) in [7, 11) is 0. The van der Waals surface area contributed by atoms with Gasteiger partial charge < -0.3 is 19.6 Å². The molecule has 3 aliphatic rings. The van der Waals surface area contributed by atoms with Crippen molar-refractivity contribution in [2.75, 3.05) is 26.2 Å². The summed E-state index contributed by atoms with van der Waals surface area (Å²) in [6, 6.07) is 0. The Kier molecular flexibility index (Phi) is 12.0. The van der Waals surface area contributed by atoms with Gasteiger partial charge in [-0.1, -0.05) is 37.3 Å². The second kappa shape index (κ2) is 15.4. The summed E-state index contributed by atoms with van der Waals surface area (Å²) in [5.74, 6) is 1.05. The van der Waals surface area contributed by atoms with Gasteiger partial charge in [0.25, 0.3) is 5.91 Å². The molecule has 8 nitrogen and oxygen atoms in total. The molecule has 2 aliphatic carbocycles. The number of amides is 2. The first-order chi connectivity index (χ1) is 20.7. The second-order valence-corrected chi connectivity index (χ2v) is 13.0. The number of aliphatic hydroxyl groups excluding tert-OH is 1. The number of rotatable bonds is 15. The van der Waals surface area contributed by atoms with Gasteiger partial charge in [-0.15, -0.1) is 0 Å². The highest BCUT2D eigenvalue weighted by molar-refractivity contribution is 6.31. The molecule has 1 N–H and O–H groups in total. The molecule has 43 heavy (non-hydrogen) atoms. The van der Waals surface area contributed by atoms with Crippen LogP contribution in [0.5, 0.6) is 0 Å². The van der Waals surface area contributed by atoms with Crippen LogP contribution in [0.2, 0.25) is 0 Å². The molecule has 1 saturated carbocycles. The average Bonchev–Trinajstić information content (AvgIpc) is 3.73. The molecule has 9 heteroatoms. The van der Waals surface area contributed by atoms with Crippen LogP contribution < -0.4 is 0 Å². The number of aromatic nitrogens is 2. The van der Waals surface area contributed by atoms with Crippen molar-refractivity contribution in [2.24, 2.45) is 5.92 Å². The molecule has 1 aliphatic heterocycles. The van der Waals surface area contributed by atoms with E-state index in [1.54, 1.807) is 6.08 Å². The Morgan fingerprint density at radius 2 is 1.98 bits per heavy atom. The van der Waals surface area contributed by atoms with Gasteiger partial charge >= 0.3 is 0 Å². The van der Waals surface area contributed by atoms with E-state index in [2.05, 4.69) is 13.5 Å². The Bertz CT molecular complexity index is 1190. The molecule has 1 saturated heterocycles. The molecule has 2 fully saturated rings. The number of likely N-dealkylation sites (tertiary alicyclic amines) is 1. The fourth-order valence-electron chi connectivity index (χ4n) is 6.67. The first-order valence-electron chi connectivity index (χ1n) is 16.4. The quantitative estimate of drug-likeness (QED) is 0.189. The number of aliphatic hydroxyl groups is 1. The molecule has 0 radical (unpaired) electrons. The minimum absolute atomic E-state index is 0.00220. The zero-order chi connectivity index (χ0) is 31.0. The van der Waals surface area contributed by atoms with Crippen LogP contribution >= 0.6 is 11.6 Å². The SMILES string of the molecule is C=C(OC(C)CCN(C(=O)Cn1nc(C(=O)N2CCC(CCCO)CC2)c2c1CCCC2)C1(CC)CC1)/C(Cl)=C\C=C/C. The Labute approximate surface area is 262 Å². The first kappa shape index (κ1) is 33.3. The highest BCUT2D eigenvalue weighted by atomic mass is 35.5. The van der Waals surface area contributed by atoms with Crippen molar-refractivity contribution in [3.05, 3.63) is 52.5 Å². The van der Waals surface area contributed by atoms with Crippen molar-refractivity contribution in [2.45, 2.75) is 116 Å². The molecule has 0 spiro atoms. The summed E-state index contributed by atoms with van der Waals surface area (Å²) in [5, 5.41) is 14.5. The first-order valence-corrected chi connectivity index (χ1v) is 16.7. The fourth-order valence-corrected chi connectivity index (χ4v) is 6.79. The lowest BCUT2D eigenvalue weighted by molar-refractivity contribution is -0.135. The summed E-state index contributed by atoms with van der Waals surface area (Å²) < 4.78 is 7.81. The highest BCUT2D eigenvalue weighted by Gasteiger charge is 2.48. The van der Waals surface area contributed by atoms with Crippen LogP contribution in [0.25, 0.3) is 0 Å². The molecule has 1 atom stereocenters. The topological polar surface area (TPSA) is 87.9 Å². The van der Waals surface area contributed by atoms with E-state index in [0.717, 1.165) is 95.0 Å². The second-order valence-electron chi connectivity index (χ2n) is 12.5. The third-order valence-corrected chi connectivity index (χ3v) is 9.92. The van der Waals surface area contributed by atoms with Crippen molar-refractivity contribution in [3.63, 3.8) is 0 Å². The molecular weight excluding hydrogens is 564 g/mol. The van der Waals surface area contributed by atoms with Crippen LogP contribution in [0.15, 0.2) is 35.6 Å². The summed E-state index contributed by atoms with van der Waals surface area (Å²) in [5.41, 5.74) is 2.53. The van der Waals surface area contributed by atoms with Crippen molar-refractivity contribution < 1.29 is 19.4 Å².